The lowest BCUT2D eigenvalue weighted by atomic mass is 9.69. The Hall–Kier alpha value is -1.85. The molecule has 4 fully saturated rings. The van der Waals surface area contributed by atoms with Crippen LogP contribution in [0.15, 0.2) is 9.59 Å². The van der Waals surface area contributed by atoms with Gasteiger partial charge in [0.15, 0.2) is 5.65 Å². The highest BCUT2D eigenvalue weighted by Crippen LogP contribution is 2.64. The zero-order valence-electron chi connectivity index (χ0n) is 14.3. The maximum absolute atomic E-state index is 12.7. The lowest BCUT2D eigenvalue weighted by molar-refractivity contribution is 0.220. The Morgan fingerprint density at radius 2 is 1.75 bits per heavy atom. The number of aryl methyl sites for hydroxylation is 1. The van der Waals surface area contributed by atoms with Crippen LogP contribution in [0.2, 0.25) is 0 Å². The van der Waals surface area contributed by atoms with Crippen molar-refractivity contribution in [2.75, 3.05) is 0 Å². The van der Waals surface area contributed by atoms with Crippen molar-refractivity contribution in [1.82, 2.24) is 19.1 Å². The fourth-order valence-corrected chi connectivity index (χ4v) is 6.08. The SMILES string of the molecule is CCn1c(=O)c2[nH]c(C34CC5CC(C3)C(C5)C4)nc2n(CC)c1=O. The van der Waals surface area contributed by atoms with Gasteiger partial charge in [0.2, 0.25) is 0 Å². The number of rotatable bonds is 3. The molecule has 4 aliphatic carbocycles. The van der Waals surface area contributed by atoms with Crippen LogP contribution in [0.5, 0.6) is 0 Å². The van der Waals surface area contributed by atoms with Crippen LogP contribution < -0.4 is 11.2 Å². The minimum absolute atomic E-state index is 0.119. The van der Waals surface area contributed by atoms with E-state index in [0.717, 1.165) is 23.6 Å². The molecule has 0 aliphatic heterocycles. The molecule has 6 rings (SSSR count). The number of nitrogens with one attached hydrogen (secondary N) is 1. The molecule has 1 N–H and O–H groups in total. The van der Waals surface area contributed by atoms with E-state index in [1.54, 1.807) is 4.57 Å². The summed E-state index contributed by atoms with van der Waals surface area (Å²) in [6.07, 6.45) is 6.36. The van der Waals surface area contributed by atoms with Gasteiger partial charge in [0.1, 0.15) is 11.3 Å². The lowest BCUT2D eigenvalue weighted by Crippen LogP contribution is -2.39. The minimum atomic E-state index is -0.246. The van der Waals surface area contributed by atoms with Crippen LogP contribution in [0.1, 0.15) is 51.8 Å². The summed E-state index contributed by atoms with van der Waals surface area (Å²) in [5.41, 5.74) is 0.694. The predicted molar refractivity (Wildman–Crippen MR) is 91.2 cm³/mol. The normalized spacial score (nSPS) is 33.8. The van der Waals surface area contributed by atoms with Crippen molar-refractivity contribution in [3.63, 3.8) is 0 Å². The predicted octanol–water partition coefficient (Wildman–Crippen LogP) is 2.00. The van der Waals surface area contributed by atoms with Crippen molar-refractivity contribution < 1.29 is 0 Å². The average molecular weight is 328 g/mol. The quantitative estimate of drug-likeness (QED) is 0.936. The molecule has 0 amide bonds. The Morgan fingerprint density at radius 1 is 1.08 bits per heavy atom. The van der Waals surface area contributed by atoms with E-state index in [9.17, 15) is 9.59 Å². The summed E-state index contributed by atoms with van der Waals surface area (Å²) in [5, 5.41) is 0. The van der Waals surface area contributed by atoms with Crippen molar-refractivity contribution in [2.45, 2.75) is 64.5 Å². The first-order valence-corrected chi connectivity index (χ1v) is 9.30. The molecule has 2 aromatic rings. The van der Waals surface area contributed by atoms with Crippen LogP contribution in [0, 0.1) is 17.8 Å². The van der Waals surface area contributed by atoms with Crippen LogP contribution >= 0.6 is 0 Å². The van der Waals surface area contributed by atoms with E-state index in [2.05, 4.69) is 4.98 Å². The molecule has 2 atom stereocenters. The highest BCUT2D eigenvalue weighted by Gasteiger charge is 2.57. The third kappa shape index (κ3) is 1.64. The van der Waals surface area contributed by atoms with E-state index in [-0.39, 0.29) is 16.7 Å². The molecule has 0 radical (unpaired) electrons. The molecular formula is C18H24N4O2. The van der Waals surface area contributed by atoms with Crippen molar-refractivity contribution in [3.8, 4) is 0 Å². The maximum atomic E-state index is 12.7. The van der Waals surface area contributed by atoms with Crippen LogP contribution in [0.4, 0.5) is 0 Å². The van der Waals surface area contributed by atoms with Gasteiger partial charge in [-0.2, -0.15) is 0 Å². The number of imidazole rings is 1. The fourth-order valence-electron chi connectivity index (χ4n) is 6.08. The Balaban J connectivity index is 1.74. The van der Waals surface area contributed by atoms with E-state index in [4.69, 9.17) is 4.98 Å². The monoisotopic (exact) mass is 328 g/mol. The molecule has 2 heterocycles. The Bertz CT molecular complexity index is 931. The highest BCUT2D eigenvalue weighted by atomic mass is 16.2. The Kier molecular flexibility index (Phi) is 2.78. The molecule has 0 spiro atoms. The Morgan fingerprint density at radius 3 is 2.33 bits per heavy atom. The summed E-state index contributed by atoms with van der Waals surface area (Å²) in [6, 6.07) is 0. The molecule has 6 heteroatoms. The number of hydrogen-bond donors (Lipinski definition) is 1. The van der Waals surface area contributed by atoms with Crippen LogP contribution in [-0.4, -0.2) is 19.1 Å². The fraction of sp³-hybridized carbons (Fsp3) is 0.722. The third-order valence-electron chi connectivity index (χ3n) is 6.92. The largest absolute Gasteiger partial charge is 0.336 e. The molecule has 4 aliphatic rings. The number of fused-ring (bicyclic) bond motifs is 1. The number of aromatic amines is 1. The van der Waals surface area contributed by atoms with Crippen LogP contribution in [0.3, 0.4) is 0 Å². The van der Waals surface area contributed by atoms with Crippen LogP contribution in [0.25, 0.3) is 11.2 Å². The van der Waals surface area contributed by atoms with Crippen molar-refractivity contribution >= 4 is 11.2 Å². The minimum Gasteiger partial charge on any atom is -0.336 e. The Labute approximate surface area is 139 Å². The van der Waals surface area contributed by atoms with Gasteiger partial charge >= 0.3 is 5.69 Å². The maximum Gasteiger partial charge on any atom is 0.332 e. The number of nitrogens with zero attached hydrogens (tertiary/aromatic N) is 3. The van der Waals surface area contributed by atoms with E-state index in [0.29, 0.717) is 24.3 Å². The lowest BCUT2D eigenvalue weighted by Gasteiger charge is -2.36. The zero-order chi connectivity index (χ0) is 16.6. The van der Waals surface area contributed by atoms with Gasteiger partial charge in [-0.05, 0) is 63.7 Å². The molecule has 24 heavy (non-hydrogen) atoms. The van der Waals surface area contributed by atoms with Crippen molar-refractivity contribution in [1.29, 1.82) is 0 Å². The second-order valence-electron chi connectivity index (χ2n) is 8.11. The van der Waals surface area contributed by atoms with Crippen molar-refractivity contribution in [3.05, 3.63) is 26.7 Å². The first-order chi connectivity index (χ1) is 11.6. The smallest absolute Gasteiger partial charge is 0.332 e. The van der Waals surface area contributed by atoms with Crippen LogP contribution in [-0.2, 0) is 18.5 Å². The molecule has 4 bridgehead atoms. The number of H-pyrrole nitrogens is 1. The van der Waals surface area contributed by atoms with E-state index >= 15 is 0 Å². The molecule has 2 aromatic heterocycles. The first kappa shape index (κ1) is 14.5. The molecule has 0 saturated heterocycles. The summed E-state index contributed by atoms with van der Waals surface area (Å²) >= 11 is 0. The molecule has 0 aromatic carbocycles. The molecule has 128 valence electrons. The van der Waals surface area contributed by atoms with Crippen molar-refractivity contribution in [2.24, 2.45) is 17.8 Å². The topological polar surface area (TPSA) is 72.7 Å². The molecular weight excluding hydrogens is 304 g/mol. The molecule has 4 saturated carbocycles. The summed E-state index contributed by atoms with van der Waals surface area (Å²) in [6.45, 7) is 4.68. The van der Waals surface area contributed by atoms with Gasteiger partial charge in [0.25, 0.3) is 5.56 Å². The third-order valence-corrected chi connectivity index (χ3v) is 6.92. The average Bonchev–Trinajstić information content (AvgIpc) is 3.18. The first-order valence-electron chi connectivity index (χ1n) is 9.30. The van der Waals surface area contributed by atoms with Gasteiger partial charge in [0, 0.05) is 18.5 Å². The zero-order valence-corrected chi connectivity index (χ0v) is 14.3. The van der Waals surface area contributed by atoms with Gasteiger partial charge in [-0.3, -0.25) is 13.9 Å². The van der Waals surface area contributed by atoms with Gasteiger partial charge < -0.3 is 4.98 Å². The molecule has 2 unspecified atom stereocenters. The second-order valence-corrected chi connectivity index (χ2v) is 8.11. The van der Waals surface area contributed by atoms with E-state index in [1.807, 2.05) is 13.8 Å². The van der Waals surface area contributed by atoms with Gasteiger partial charge in [-0.25, -0.2) is 9.78 Å². The summed E-state index contributed by atoms with van der Waals surface area (Å²) in [4.78, 5) is 33.4. The second kappa shape index (κ2) is 4.61. The summed E-state index contributed by atoms with van der Waals surface area (Å²) in [7, 11) is 0. The molecule has 6 nitrogen and oxygen atoms in total. The van der Waals surface area contributed by atoms with Gasteiger partial charge in [-0.1, -0.05) is 0 Å². The highest BCUT2D eigenvalue weighted by molar-refractivity contribution is 5.70. The van der Waals surface area contributed by atoms with Gasteiger partial charge in [-0.15, -0.1) is 0 Å². The summed E-state index contributed by atoms with van der Waals surface area (Å²) in [5.74, 6) is 3.48. The van der Waals surface area contributed by atoms with E-state index in [1.165, 1.54) is 36.7 Å². The standard InChI is InChI=1S/C18H24N4O2/c1-3-21-14-13(15(23)22(4-2)17(21)24)19-16(20-14)18-7-10-5-11(8-18)12(6-10)9-18/h10-12H,3-9H2,1-2H3,(H,19,20). The van der Waals surface area contributed by atoms with E-state index < -0.39 is 0 Å². The number of hydrogen-bond acceptors (Lipinski definition) is 3. The van der Waals surface area contributed by atoms with Gasteiger partial charge in [0.05, 0.1) is 0 Å². The summed E-state index contributed by atoms with van der Waals surface area (Å²) < 4.78 is 2.94. The number of aromatic nitrogens is 4.